The highest BCUT2D eigenvalue weighted by Crippen LogP contribution is 2.34. The number of hydrogen-bond donors (Lipinski definition) is 1. The molecule has 1 aliphatic heterocycles. The van der Waals surface area contributed by atoms with E-state index in [0.29, 0.717) is 33.3 Å². The molecule has 0 aromatic heterocycles. The van der Waals surface area contributed by atoms with Crippen LogP contribution in [0.5, 0.6) is 5.75 Å². The second-order valence-corrected chi connectivity index (χ2v) is 9.26. The zero-order valence-electron chi connectivity index (χ0n) is 17.6. The first-order valence-corrected chi connectivity index (χ1v) is 11.3. The smallest absolute Gasteiger partial charge is 0.264 e. The highest BCUT2D eigenvalue weighted by molar-refractivity contribution is 8.18. The van der Waals surface area contributed by atoms with Crippen molar-refractivity contribution in [2.45, 2.75) is 20.8 Å². The number of amides is 1. The lowest BCUT2D eigenvalue weighted by Gasteiger charge is -2.13. The van der Waals surface area contributed by atoms with Gasteiger partial charge in [0, 0.05) is 10.4 Å². The highest BCUT2D eigenvalue weighted by Gasteiger charge is 2.24. The average Bonchev–Trinajstić information content (AvgIpc) is 3.08. The van der Waals surface area contributed by atoms with Crippen LogP contribution in [-0.4, -0.2) is 17.7 Å². The van der Waals surface area contributed by atoms with E-state index in [-0.39, 0.29) is 5.91 Å². The Kier molecular flexibility index (Phi) is 6.35. The summed E-state index contributed by atoms with van der Waals surface area (Å²) < 4.78 is 5.99. The van der Waals surface area contributed by atoms with Crippen molar-refractivity contribution in [3.8, 4) is 5.75 Å². The summed E-state index contributed by atoms with van der Waals surface area (Å²) >= 11 is 7.51. The van der Waals surface area contributed by atoms with E-state index in [9.17, 15) is 4.79 Å². The zero-order chi connectivity index (χ0) is 22.0. The Balaban J connectivity index is 1.64. The molecule has 1 saturated heterocycles. The Labute approximate surface area is 191 Å². The van der Waals surface area contributed by atoms with Crippen LogP contribution in [0.25, 0.3) is 16.8 Å². The van der Waals surface area contributed by atoms with E-state index in [2.05, 4.69) is 24.2 Å². The average molecular weight is 451 g/mol. The lowest BCUT2D eigenvalue weighted by molar-refractivity contribution is -0.115. The van der Waals surface area contributed by atoms with Gasteiger partial charge in [0.05, 0.1) is 17.2 Å². The predicted octanol–water partition coefficient (Wildman–Crippen LogP) is 6.73. The number of amidine groups is 1. The Hall–Kier alpha value is -2.76. The van der Waals surface area contributed by atoms with E-state index < -0.39 is 0 Å². The molecule has 4 rings (SSSR count). The van der Waals surface area contributed by atoms with E-state index in [1.165, 1.54) is 11.8 Å². The van der Waals surface area contributed by atoms with Gasteiger partial charge >= 0.3 is 0 Å². The monoisotopic (exact) mass is 450 g/mol. The molecule has 0 spiro atoms. The van der Waals surface area contributed by atoms with E-state index in [0.717, 1.165) is 27.6 Å². The van der Waals surface area contributed by atoms with Crippen molar-refractivity contribution in [1.82, 2.24) is 5.32 Å². The molecule has 0 saturated carbocycles. The van der Waals surface area contributed by atoms with Gasteiger partial charge in [-0.3, -0.25) is 4.79 Å². The minimum atomic E-state index is -0.161. The largest absolute Gasteiger partial charge is 0.493 e. The van der Waals surface area contributed by atoms with Gasteiger partial charge in [-0.05, 0) is 65.4 Å². The quantitative estimate of drug-likeness (QED) is 0.438. The summed E-state index contributed by atoms with van der Waals surface area (Å²) in [4.78, 5) is 17.7. The van der Waals surface area contributed by atoms with Crippen molar-refractivity contribution in [3.63, 3.8) is 0 Å². The van der Waals surface area contributed by atoms with Gasteiger partial charge in [0.1, 0.15) is 5.75 Å². The first kappa shape index (κ1) is 21.5. The minimum absolute atomic E-state index is 0.161. The molecule has 3 aromatic rings. The fourth-order valence-corrected chi connectivity index (χ4v) is 4.20. The maximum atomic E-state index is 12.5. The maximum absolute atomic E-state index is 12.5. The summed E-state index contributed by atoms with van der Waals surface area (Å²) in [6.45, 7) is 6.85. The normalized spacial score (nSPS) is 16.5. The predicted molar refractivity (Wildman–Crippen MR) is 131 cm³/mol. The molecular weight excluding hydrogens is 428 g/mol. The standard InChI is InChI=1S/C25H23ClN2O2S/c1-15(2)14-30-22-11-9-17(19-6-4-5-7-20(19)22)12-23-24(29)28-25(31-23)27-18-10-8-16(3)21(26)13-18/h4-13,15H,14H2,1-3H3,(H,27,28,29)/b23-12-. The van der Waals surface area contributed by atoms with Gasteiger partial charge in [-0.2, -0.15) is 0 Å². The Morgan fingerprint density at radius 3 is 2.65 bits per heavy atom. The molecule has 1 heterocycles. The van der Waals surface area contributed by atoms with Crippen molar-refractivity contribution in [2.75, 3.05) is 6.61 Å². The Bertz CT molecular complexity index is 1220. The number of ether oxygens (including phenoxy) is 1. The molecular formula is C25H23ClN2O2S. The number of aryl methyl sites for hydroxylation is 1. The third kappa shape index (κ3) is 4.94. The van der Waals surface area contributed by atoms with Gasteiger partial charge in [0.2, 0.25) is 0 Å². The number of rotatable bonds is 5. The Morgan fingerprint density at radius 2 is 1.90 bits per heavy atom. The molecule has 6 heteroatoms. The summed E-state index contributed by atoms with van der Waals surface area (Å²) in [6.07, 6.45) is 1.90. The molecule has 1 amide bonds. The van der Waals surface area contributed by atoms with E-state index >= 15 is 0 Å². The van der Waals surface area contributed by atoms with Crippen LogP contribution < -0.4 is 10.1 Å². The topological polar surface area (TPSA) is 50.7 Å². The lowest BCUT2D eigenvalue weighted by atomic mass is 10.0. The number of thioether (sulfide) groups is 1. The molecule has 0 unspecified atom stereocenters. The number of nitrogens with one attached hydrogen (secondary N) is 1. The highest BCUT2D eigenvalue weighted by atomic mass is 35.5. The molecule has 1 fully saturated rings. The summed E-state index contributed by atoms with van der Waals surface area (Å²) in [5.41, 5.74) is 2.66. The molecule has 31 heavy (non-hydrogen) atoms. The fraction of sp³-hybridized carbons (Fsp3) is 0.200. The van der Waals surface area contributed by atoms with Crippen LogP contribution in [0.15, 0.2) is 64.5 Å². The van der Waals surface area contributed by atoms with E-state index in [1.54, 1.807) is 6.07 Å². The number of carbonyl (C=O) groups excluding carboxylic acids is 1. The van der Waals surface area contributed by atoms with Gasteiger partial charge in [-0.15, -0.1) is 0 Å². The van der Waals surface area contributed by atoms with Crippen LogP contribution in [0.4, 0.5) is 5.69 Å². The second-order valence-electron chi connectivity index (χ2n) is 7.82. The van der Waals surface area contributed by atoms with Gasteiger partial charge in [-0.1, -0.05) is 61.8 Å². The van der Waals surface area contributed by atoms with Crippen LogP contribution in [0.3, 0.4) is 0 Å². The first-order chi connectivity index (χ1) is 14.9. The van der Waals surface area contributed by atoms with Gasteiger partial charge in [0.15, 0.2) is 5.17 Å². The van der Waals surface area contributed by atoms with Crippen molar-refractivity contribution < 1.29 is 9.53 Å². The van der Waals surface area contributed by atoms with Crippen LogP contribution >= 0.6 is 23.4 Å². The summed E-state index contributed by atoms with van der Waals surface area (Å²) in [7, 11) is 0. The van der Waals surface area contributed by atoms with E-state index in [4.69, 9.17) is 16.3 Å². The molecule has 0 radical (unpaired) electrons. The molecule has 0 aliphatic carbocycles. The first-order valence-electron chi connectivity index (χ1n) is 10.1. The van der Waals surface area contributed by atoms with Gasteiger partial charge in [-0.25, -0.2) is 4.99 Å². The van der Waals surface area contributed by atoms with Crippen LogP contribution in [0.2, 0.25) is 5.02 Å². The van der Waals surface area contributed by atoms with E-state index in [1.807, 2.05) is 61.5 Å². The molecule has 0 bridgehead atoms. The maximum Gasteiger partial charge on any atom is 0.264 e. The molecule has 1 aliphatic rings. The minimum Gasteiger partial charge on any atom is -0.493 e. The number of fused-ring (bicyclic) bond motifs is 1. The summed E-state index contributed by atoms with van der Waals surface area (Å²) in [5, 5.41) is 6.10. The number of nitrogens with zero attached hydrogens (tertiary/aromatic N) is 1. The molecule has 3 aromatic carbocycles. The van der Waals surface area contributed by atoms with Crippen molar-refractivity contribution >= 4 is 57.0 Å². The van der Waals surface area contributed by atoms with Gasteiger partial charge in [0.25, 0.3) is 5.91 Å². The third-order valence-electron chi connectivity index (χ3n) is 4.81. The SMILES string of the molecule is Cc1ccc(N=C2NC(=O)/C(=C/c3ccc(OCC(C)C)c4ccccc34)S2)cc1Cl. The number of carbonyl (C=O) groups is 1. The van der Waals surface area contributed by atoms with Crippen molar-refractivity contribution in [3.05, 3.63) is 75.7 Å². The molecule has 1 N–H and O–H groups in total. The van der Waals surface area contributed by atoms with Crippen molar-refractivity contribution in [2.24, 2.45) is 10.9 Å². The van der Waals surface area contributed by atoms with Crippen LogP contribution in [0, 0.1) is 12.8 Å². The molecule has 158 valence electrons. The molecule has 4 nitrogen and oxygen atoms in total. The third-order valence-corrected chi connectivity index (χ3v) is 6.13. The summed E-state index contributed by atoms with van der Waals surface area (Å²) in [6, 6.07) is 17.6. The lowest BCUT2D eigenvalue weighted by Crippen LogP contribution is -2.19. The van der Waals surface area contributed by atoms with Crippen LogP contribution in [-0.2, 0) is 4.79 Å². The van der Waals surface area contributed by atoms with Crippen LogP contribution in [0.1, 0.15) is 25.0 Å². The number of halogens is 1. The summed E-state index contributed by atoms with van der Waals surface area (Å²) in [5.74, 6) is 1.14. The zero-order valence-corrected chi connectivity index (χ0v) is 19.2. The molecule has 0 atom stereocenters. The number of hydrogen-bond acceptors (Lipinski definition) is 4. The fourth-order valence-electron chi connectivity index (χ4n) is 3.19. The number of benzene rings is 3. The Morgan fingerprint density at radius 1 is 1.13 bits per heavy atom. The van der Waals surface area contributed by atoms with Crippen molar-refractivity contribution in [1.29, 1.82) is 0 Å². The van der Waals surface area contributed by atoms with Gasteiger partial charge < -0.3 is 10.1 Å². The second kappa shape index (κ2) is 9.16. The number of aliphatic imine (C=N–C) groups is 1.